The maximum absolute atomic E-state index is 13.3. The van der Waals surface area contributed by atoms with E-state index in [1.54, 1.807) is 12.1 Å². The highest BCUT2D eigenvalue weighted by molar-refractivity contribution is 5.32. The number of aliphatic hydroxyl groups excluding tert-OH is 1. The quantitative estimate of drug-likeness (QED) is 0.877. The van der Waals surface area contributed by atoms with Crippen molar-refractivity contribution in [2.75, 3.05) is 26.4 Å². The fraction of sp³-hybridized carbons (Fsp3) is 0.647. The summed E-state index contributed by atoms with van der Waals surface area (Å²) in [6.07, 6.45) is 4.94. The monoisotopic (exact) mass is 293 g/mol. The van der Waals surface area contributed by atoms with Crippen LogP contribution in [0.2, 0.25) is 0 Å². The van der Waals surface area contributed by atoms with Crippen LogP contribution in [-0.2, 0) is 11.2 Å². The second-order valence-electron chi connectivity index (χ2n) is 6.45. The lowest BCUT2D eigenvalue weighted by Crippen LogP contribution is -2.38. The minimum Gasteiger partial charge on any atom is -0.396 e. The normalized spacial score (nSPS) is 28.6. The van der Waals surface area contributed by atoms with E-state index in [0.29, 0.717) is 6.04 Å². The van der Waals surface area contributed by atoms with Crippen LogP contribution in [0.25, 0.3) is 0 Å². The molecule has 1 saturated heterocycles. The van der Waals surface area contributed by atoms with Crippen LogP contribution in [0.3, 0.4) is 0 Å². The van der Waals surface area contributed by atoms with E-state index in [-0.39, 0.29) is 17.8 Å². The predicted octanol–water partition coefficient (Wildman–Crippen LogP) is 2.58. The number of hydrogen-bond acceptors (Lipinski definition) is 3. The van der Waals surface area contributed by atoms with Gasteiger partial charge in [-0.15, -0.1) is 0 Å². The zero-order chi connectivity index (χ0) is 14.7. The molecule has 0 amide bonds. The van der Waals surface area contributed by atoms with E-state index in [1.165, 1.54) is 5.56 Å². The highest BCUT2D eigenvalue weighted by Crippen LogP contribution is 2.35. The van der Waals surface area contributed by atoms with Crippen LogP contribution in [0.15, 0.2) is 18.2 Å². The molecule has 4 heteroatoms. The molecule has 0 saturated carbocycles. The zero-order valence-corrected chi connectivity index (χ0v) is 12.4. The van der Waals surface area contributed by atoms with Crippen molar-refractivity contribution in [3.05, 3.63) is 35.1 Å². The molecule has 0 radical (unpaired) electrons. The van der Waals surface area contributed by atoms with Gasteiger partial charge in [0.25, 0.3) is 0 Å². The van der Waals surface area contributed by atoms with Gasteiger partial charge >= 0.3 is 0 Å². The third-order valence-electron chi connectivity index (χ3n) is 4.97. The van der Waals surface area contributed by atoms with Crippen LogP contribution in [0.4, 0.5) is 4.39 Å². The number of aliphatic hydroxyl groups is 1. The van der Waals surface area contributed by atoms with Gasteiger partial charge in [0.05, 0.1) is 6.61 Å². The van der Waals surface area contributed by atoms with Crippen LogP contribution in [0, 0.1) is 11.2 Å². The number of hydrogen-bond donors (Lipinski definition) is 2. The van der Waals surface area contributed by atoms with E-state index in [0.717, 1.165) is 57.4 Å². The molecule has 2 aliphatic rings. The molecular weight excluding hydrogens is 269 g/mol. The summed E-state index contributed by atoms with van der Waals surface area (Å²) in [4.78, 5) is 0. The molecule has 21 heavy (non-hydrogen) atoms. The van der Waals surface area contributed by atoms with E-state index in [9.17, 15) is 9.50 Å². The van der Waals surface area contributed by atoms with Crippen molar-refractivity contribution in [3.63, 3.8) is 0 Å². The smallest absolute Gasteiger partial charge is 0.123 e. The third-order valence-corrected chi connectivity index (χ3v) is 4.97. The summed E-state index contributed by atoms with van der Waals surface area (Å²) in [5, 5.41) is 12.9. The number of halogens is 1. The maximum Gasteiger partial charge on any atom is 0.123 e. The number of rotatable bonds is 5. The zero-order valence-electron chi connectivity index (χ0n) is 12.4. The van der Waals surface area contributed by atoms with Crippen LogP contribution in [0.1, 0.15) is 42.9 Å². The largest absolute Gasteiger partial charge is 0.396 e. The lowest BCUT2D eigenvalue weighted by Gasteiger charge is -2.32. The van der Waals surface area contributed by atoms with Crippen LogP contribution in [0.5, 0.6) is 0 Å². The molecule has 0 bridgehead atoms. The Bertz CT molecular complexity index is 486. The van der Waals surface area contributed by atoms with Gasteiger partial charge in [0, 0.05) is 31.2 Å². The highest BCUT2D eigenvalue weighted by Gasteiger charge is 2.35. The van der Waals surface area contributed by atoms with Crippen molar-refractivity contribution in [2.24, 2.45) is 5.41 Å². The standard InChI is InChI=1S/C17H24FNO2/c18-14-4-5-15-13(10-14)2-1-3-16(15)19-11-17(6-8-20)7-9-21-12-17/h4-5,10,16,19-20H,1-3,6-9,11-12H2/t16-,17-/m1/s1. The van der Waals surface area contributed by atoms with Gasteiger partial charge in [0.2, 0.25) is 0 Å². The second-order valence-corrected chi connectivity index (χ2v) is 6.45. The van der Waals surface area contributed by atoms with Crippen molar-refractivity contribution in [3.8, 4) is 0 Å². The number of nitrogens with one attached hydrogen (secondary N) is 1. The average Bonchev–Trinajstić information content (AvgIpc) is 2.94. The Morgan fingerprint density at radius 3 is 3.10 bits per heavy atom. The van der Waals surface area contributed by atoms with Crippen LogP contribution >= 0.6 is 0 Å². The Morgan fingerprint density at radius 2 is 2.33 bits per heavy atom. The van der Waals surface area contributed by atoms with E-state index in [1.807, 2.05) is 6.07 Å². The number of fused-ring (bicyclic) bond motifs is 1. The molecule has 0 unspecified atom stereocenters. The van der Waals surface area contributed by atoms with Crippen molar-refractivity contribution < 1.29 is 14.2 Å². The molecule has 2 atom stereocenters. The first kappa shape index (κ1) is 14.9. The summed E-state index contributed by atoms with van der Waals surface area (Å²) in [5.41, 5.74) is 2.44. The first-order valence-corrected chi connectivity index (χ1v) is 7.93. The first-order chi connectivity index (χ1) is 10.2. The topological polar surface area (TPSA) is 41.5 Å². The summed E-state index contributed by atoms with van der Waals surface area (Å²) in [7, 11) is 0. The molecule has 1 aromatic rings. The summed E-state index contributed by atoms with van der Waals surface area (Å²) >= 11 is 0. The van der Waals surface area contributed by atoms with Gasteiger partial charge in [-0.05, 0) is 55.4 Å². The van der Waals surface area contributed by atoms with Gasteiger partial charge < -0.3 is 15.2 Å². The second kappa shape index (κ2) is 6.42. The van der Waals surface area contributed by atoms with Gasteiger partial charge in [-0.2, -0.15) is 0 Å². The highest BCUT2D eigenvalue weighted by atomic mass is 19.1. The van der Waals surface area contributed by atoms with E-state index in [4.69, 9.17) is 4.74 Å². The van der Waals surface area contributed by atoms with E-state index >= 15 is 0 Å². The van der Waals surface area contributed by atoms with Gasteiger partial charge in [-0.3, -0.25) is 0 Å². The number of ether oxygens (including phenoxy) is 1. The average molecular weight is 293 g/mol. The predicted molar refractivity (Wildman–Crippen MR) is 79.7 cm³/mol. The molecule has 1 aromatic carbocycles. The fourth-order valence-corrected chi connectivity index (χ4v) is 3.65. The SMILES string of the molecule is OCC[C@]1(CN[C@@H]2CCCc3cc(F)ccc32)CCOC1. The van der Waals surface area contributed by atoms with Gasteiger partial charge in [0.1, 0.15) is 5.82 Å². The Hall–Kier alpha value is -0.970. The fourth-order valence-electron chi connectivity index (χ4n) is 3.65. The molecule has 3 nitrogen and oxygen atoms in total. The Labute approximate surface area is 125 Å². The molecule has 1 aliphatic heterocycles. The summed E-state index contributed by atoms with van der Waals surface area (Å²) in [5.74, 6) is -0.143. The summed E-state index contributed by atoms with van der Waals surface area (Å²) in [6, 6.07) is 5.45. The molecule has 1 aliphatic carbocycles. The molecule has 1 fully saturated rings. The van der Waals surface area contributed by atoms with Crippen molar-refractivity contribution in [2.45, 2.75) is 38.1 Å². The Kier molecular flexibility index (Phi) is 4.57. The molecule has 1 heterocycles. The van der Waals surface area contributed by atoms with Gasteiger partial charge in [-0.1, -0.05) is 6.07 Å². The molecule has 0 aromatic heterocycles. The van der Waals surface area contributed by atoms with E-state index < -0.39 is 0 Å². The maximum atomic E-state index is 13.3. The van der Waals surface area contributed by atoms with Crippen molar-refractivity contribution >= 4 is 0 Å². The molecular formula is C17H24FNO2. The molecule has 116 valence electrons. The molecule has 3 rings (SSSR count). The summed E-state index contributed by atoms with van der Waals surface area (Å²) in [6.45, 7) is 2.57. The lowest BCUT2D eigenvalue weighted by atomic mass is 9.82. The lowest BCUT2D eigenvalue weighted by molar-refractivity contribution is 0.121. The van der Waals surface area contributed by atoms with Crippen LogP contribution < -0.4 is 5.32 Å². The minimum absolute atomic E-state index is 0.0619. The van der Waals surface area contributed by atoms with E-state index in [2.05, 4.69) is 5.32 Å². The number of benzene rings is 1. The van der Waals surface area contributed by atoms with Crippen molar-refractivity contribution in [1.29, 1.82) is 0 Å². The molecule has 0 spiro atoms. The third kappa shape index (κ3) is 3.28. The summed E-state index contributed by atoms with van der Waals surface area (Å²) < 4.78 is 18.9. The first-order valence-electron chi connectivity index (χ1n) is 7.93. The molecule has 2 N–H and O–H groups in total. The van der Waals surface area contributed by atoms with Crippen LogP contribution in [-0.4, -0.2) is 31.5 Å². The van der Waals surface area contributed by atoms with Crippen molar-refractivity contribution in [1.82, 2.24) is 5.32 Å². The Morgan fingerprint density at radius 1 is 1.43 bits per heavy atom. The number of aryl methyl sites for hydroxylation is 1. The minimum atomic E-state index is -0.143. The Balaban J connectivity index is 1.69. The van der Waals surface area contributed by atoms with Gasteiger partial charge in [0.15, 0.2) is 0 Å². The van der Waals surface area contributed by atoms with Gasteiger partial charge in [-0.25, -0.2) is 4.39 Å².